The average Bonchev–Trinajstić information content (AvgIpc) is 3.69. The highest BCUT2D eigenvalue weighted by Gasteiger charge is 2.36. The summed E-state index contributed by atoms with van der Waals surface area (Å²) in [4.78, 5) is 21.5. The molecule has 2 aliphatic heterocycles. The summed E-state index contributed by atoms with van der Waals surface area (Å²) in [6, 6.07) is 15.2. The van der Waals surface area contributed by atoms with Crippen molar-refractivity contribution in [2.75, 3.05) is 37.7 Å². The maximum Gasteiger partial charge on any atom is 0.407 e. The van der Waals surface area contributed by atoms with Crippen molar-refractivity contribution in [3.63, 3.8) is 0 Å². The van der Waals surface area contributed by atoms with Crippen LogP contribution < -0.4 is 10.2 Å². The van der Waals surface area contributed by atoms with E-state index in [0.717, 1.165) is 62.6 Å². The number of piperidine rings is 1. The van der Waals surface area contributed by atoms with E-state index >= 15 is 0 Å². The molecule has 8 heteroatoms. The molecular formula is C26H33ClN4O3. The van der Waals surface area contributed by atoms with Crippen LogP contribution in [0.4, 0.5) is 10.6 Å². The number of carbonyl (C=O) groups excluding carboxylic acids is 1. The van der Waals surface area contributed by atoms with Crippen LogP contribution in [0.25, 0.3) is 0 Å². The van der Waals surface area contributed by atoms with Gasteiger partial charge in [-0.1, -0.05) is 29.8 Å². The maximum atomic E-state index is 12.0. The van der Waals surface area contributed by atoms with Crippen molar-refractivity contribution >= 4 is 23.5 Å². The summed E-state index contributed by atoms with van der Waals surface area (Å²) in [5, 5.41) is 3.64. The second kappa shape index (κ2) is 10.9. The van der Waals surface area contributed by atoms with Gasteiger partial charge < -0.3 is 19.7 Å². The number of anilines is 1. The van der Waals surface area contributed by atoms with Crippen molar-refractivity contribution in [1.82, 2.24) is 15.2 Å². The molecule has 3 heterocycles. The second-order valence-electron chi connectivity index (χ2n) is 9.56. The van der Waals surface area contributed by atoms with Gasteiger partial charge in [0, 0.05) is 49.0 Å². The van der Waals surface area contributed by atoms with E-state index in [1.165, 1.54) is 5.56 Å². The van der Waals surface area contributed by atoms with Crippen LogP contribution in [0.15, 0.2) is 48.7 Å². The van der Waals surface area contributed by atoms with E-state index < -0.39 is 0 Å². The fourth-order valence-electron chi connectivity index (χ4n) is 4.97. The predicted octanol–water partition coefficient (Wildman–Crippen LogP) is 3.90. The molecule has 34 heavy (non-hydrogen) atoms. The standard InChI is InChI=1S/C26H33ClN4O3/c27-20-6-4-19(5-7-20)15-23-17-33-24(18-34-26(32)29-21-8-9-21)16-31(23)22-10-13-30(14-11-22)25-3-1-2-12-28-25/h1-7,12,21-24H,8-11,13-18H2,(H,29,32). The summed E-state index contributed by atoms with van der Waals surface area (Å²) < 4.78 is 11.7. The Kier molecular flexibility index (Phi) is 7.52. The Hall–Kier alpha value is -2.35. The monoisotopic (exact) mass is 484 g/mol. The number of morpholine rings is 1. The maximum absolute atomic E-state index is 12.0. The highest BCUT2D eigenvalue weighted by Crippen LogP contribution is 2.27. The summed E-state index contributed by atoms with van der Waals surface area (Å²) >= 11 is 6.09. The van der Waals surface area contributed by atoms with Crippen molar-refractivity contribution < 1.29 is 14.3 Å². The Bertz CT molecular complexity index is 933. The molecule has 1 N–H and O–H groups in total. The molecule has 2 saturated heterocycles. The third kappa shape index (κ3) is 6.20. The first-order valence-corrected chi connectivity index (χ1v) is 12.7. The quantitative estimate of drug-likeness (QED) is 0.642. The summed E-state index contributed by atoms with van der Waals surface area (Å²) in [5.74, 6) is 1.05. The van der Waals surface area contributed by atoms with Crippen LogP contribution in [0.1, 0.15) is 31.2 Å². The lowest BCUT2D eigenvalue weighted by Gasteiger charge is -2.46. The first kappa shape index (κ1) is 23.4. The number of nitrogens with zero attached hydrogens (tertiary/aromatic N) is 3. The van der Waals surface area contributed by atoms with Crippen molar-refractivity contribution in [3.05, 3.63) is 59.2 Å². The molecule has 1 saturated carbocycles. The summed E-state index contributed by atoms with van der Waals surface area (Å²) in [7, 11) is 0. The zero-order valence-corrected chi connectivity index (χ0v) is 20.2. The lowest BCUT2D eigenvalue weighted by molar-refractivity contribution is -0.0989. The van der Waals surface area contributed by atoms with Gasteiger partial charge in [-0.25, -0.2) is 9.78 Å². The van der Waals surface area contributed by atoms with Gasteiger partial charge in [0.05, 0.1) is 6.61 Å². The molecule has 2 unspecified atom stereocenters. The fraction of sp³-hybridized carbons (Fsp3) is 0.538. The minimum Gasteiger partial charge on any atom is -0.447 e. The van der Waals surface area contributed by atoms with Crippen LogP contribution >= 0.6 is 11.6 Å². The van der Waals surface area contributed by atoms with Crippen molar-refractivity contribution in [2.24, 2.45) is 0 Å². The van der Waals surface area contributed by atoms with Gasteiger partial charge in [0.25, 0.3) is 0 Å². The van der Waals surface area contributed by atoms with Gasteiger partial charge in [-0.3, -0.25) is 4.90 Å². The molecule has 5 rings (SSSR count). The first-order chi connectivity index (χ1) is 16.6. The average molecular weight is 485 g/mol. The molecule has 2 atom stereocenters. The molecule has 182 valence electrons. The number of alkyl carbamates (subject to hydrolysis) is 1. The Morgan fingerprint density at radius 2 is 1.91 bits per heavy atom. The molecule has 0 radical (unpaired) electrons. The number of carbonyl (C=O) groups is 1. The Morgan fingerprint density at radius 1 is 1.12 bits per heavy atom. The van der Waals surface area contributed by atoms with Crippen LogP contribution in [0.5, 0.6) is 0 Å². The minimum atomic E-state index is -0.329. The number of aromatic nitrogens is 1. The van der Waals surface area contributed by atoms with Crippen LogP contribution in [-0.4, -0.2) is 73.1 Å². The van der Waals surface area contributed by atoms with E-state index in [9.17, 15) is 4.79 Å². The van der Waals surface area contributed by atoms with Crippen molar-refractivity contribution in [3.8, 4) is 0 Å². The summed E-state index contributed by atoms with van der Waals surface area (Å²) in [6.07, 6.45) is 6.57. The van der Waals surface area contributed by atoms with Gasteiger partial charge >= 0.3 is 6.09 Å². The minimum absolute atomic E-state index is 0.111. The fourth-order valence-corrected chi connectivity index (χ4v) is 5.09. The number of nitrogens with one attached hydrogen (secondary N) is 1. The van der Waals surface area contributed by atoms with Gasteiger partial charge in [0.2, 0.25) is 0 Å². The molecule has 1 aromatic carbocycles. The number of hydrogen-bond acceptors (Lipinski definition) is 6. The van der Waals surface area contributed by atoms with Gasteiger partial charge in [0.1, 0.15) is 18.5 Å². The zero-order valence-electron chi connectivity index (χ0n) is 19.4. The number of ether oxygens (including phenoxy) is 2. The molecule has 1 aromatic heterocycles. The molecule has 3 fully saturated rings. The number of rotatable bonds is 7. The van der Waals surface area contributed by atoms with Gasteiger partial charge in [-0.05, 0) is 61.9 Å². The molecular weight excluding hydrogens is 452 g/mol. The second-order valence-corrected chi connectivity index (χ2v) is 10.00. The predicted molar refractivity (Wildman–Crippen MR) is 132 cm³/mol. The molecule has 7 nitrogen and oxygen atoms in total. The Morgan fingerprint density at radius 3 is 2.62 bits per heavy atom. The normalized spacial score (nSPS) is 24.1. The number of amides is 1. The number of pyridine rings is 1. The van der Waals surface area contributed by atoms with Crippen LogP contribution in [0, 0.1) is 0 Å². The Balaban J connectivity index is 1.22. The van der Waals surface area contributed by atoms with Gasteiger partial charge in [-0.15, -0.1) is 0 Å². The molecule has 0 spiro atoms. The third-order valence-corrected chi connectivity index (χ3v) is 7.25. The van der Waals surface area contributed by atoms with Crippen LogP contribution in [0.3, 0.4) is 0 Å². The van der Waals surface area contributed by atoms with Gasteiger partial charge in [-0.2, -0.15) is 0 Å². The van der Waals surface area contributed by atoms with E-state index in [0.29, 0.717) is 18.7 Å². The lowest BCUT2D eigenvalue weighted by Crippen LogP contribution is -2.58. The largest absolute Gasteiger partial charge is 0.447 e. The van der Waals surface area contributed by atoms with E-state index in [1.807, 2.05) is 30.5 Å². The summed E-state index contributed by atoms with van der Waals surface area (Å²) in [6.45, 7) is 3.65. The molecule has 3 aliphatic rings. The third-order valence-electron chi connectivity index (χ3n) is 7.00. The van der Waals surface area contributed by atoms with Gasteiger partial charge in [0.15, 0.2) is 0 Å². The van der Waals surface area contributed by atoms with E-state index in [2.05, 4.69) is 38.3 Å². The van der Waals surface area contributed by atoms with Crippen molar-refractivity contribution in [2.45, 2.75) is 56.3 Å². The Labute approximate surface area is 206 Å². The number of benzene rings is 1. The van der Waals surface area contributed by atoms with Crippen LogP contribution in [-0.2, 0) is 15.9 Å². The molecule has 2 aromatic rings. The lowest BCUT2D eigenvalue weighted by atomic mass is 9.96. The van der Waals surface area contributed by atoms with Crippen molar-refractivity contribution in [1.29, 1.82) is 0 Å². The van der Waals surface area contributed by atoms with E-state index in [4.69, 9.17) is 21.1 Å². The highest BCUT2D eigenvalue weighted by molar-refractivity contribution is 6.30. The highest BCUT2D eigenvalue weighted by atomic mass is 35.5. The zero-order chi connectivity index (χ0) is 23.3. The SMILES string of the molecule is O=C(NC1CC1)OCC1CN(C2CCN(c3ccccn3)CC2)C(Cc2ccc(Cl)cc2)CO1. The number of hydrogen-bond donors (Lipinski definition) is 1. The van der Waals surface area contributed by atoms with Crippen LogP contribution in [0.2, 0.25) is 5.02 Å². The summed E-state index contributed by atoms with van der Waals surface area (Å²) in [5.41, 5.74) is 1.26. The topological polar surface area (TPSA) is 66.9 Å². The molecule has 1 aliphatic carbocycles. The van der Waals surface area contributed by atoms with E-state index in [-0.39, 0.29) is 24.8 Å². The number of halogens is 1. The first-order valence-electron chi connectivity index (χ1n) is 12.3. The molecule has 1 amide bonds. The molecule has 0 bridgehead atoms. The smallest absolute Gasteiger partial charge is 0.407 e. The van der Waals surface area contributed by atoms with E-state index in [1.54, 1.807) is 0 Å².